The van der Waals surface area contributed by atoms with Crippen molar-refractivity contribution in [2.24, 2.45) is 0 Å². The normalized spacial score (nSPS) is 13.0. The van der Waals surface area contributed by atoms with E-state index in [9.17, 15) is 4.79 Å². The van der Waals surface area contributed by atoms with E-state index in [2.05, 4.69) is 25.9 Å². The van der Waals surface area contributed by atoms with Gasteiger partial charge in [-0.25, -0.2) is 9.97 Å². The first-order valence-corrected chi connectivity index (χ1v) is 10.1. The monoisotopic (exact) mass is 431 g/mol. The van der Waals surface area contributed by atoms with Gasteiger partial charge in [0.2, 0.25) is 5.88 Å². The summed E-state index contributed by atoms with van der Waals surface area (Å²) in [5.41, 5.74) is 2.36. The second-order valence-corrected chi connectivity index (χ2v) is 8.28. The summed E-state index contributed by atoms with van der Waals surface area (Å²) in [5.74, 6) is 0.441. The Bertz CT molecular complexity index is 973. The molecule has 4 rings (SSSR count). The van der Waals surface area contributed by atoms with Crippen molar-refractivity contribution in [1.82, 2.24) is 14.9 Å². The molecular formula is C19H18BrN3O2S. The van der Waals surface area contributed by atoms with Crippen LogP contribution in [0.1, 0.15) is 22.4 Å². The Morgan fingerprint density at radius 3 is 3.00 bits per heavy atom. The molecule has 0 N–H and O–H groups in total. The third-order valence-electron chi connectivity index (χ3n) is 4.59. The molecule has 0 spiro atoms. The summed E-state index contributed by atoms with van der Waals surface area (Å²) in [6.45, 7) is 0.494. The summed E-state index contributed by atoms with van der Waals surface area (Å²) in [6, 6.07) is 7.89. The van der Waals surface area contributed by atoms with Gasteiger partial charge in [-0.2, -0.15) is 0 Å². The van der Waals surface area contributed by atoms with Crippen molar-refractivity contribution in [2.45, 2.75) is 25.8 Å². The van der Waals surface area contributed by atoms with E-state index in [1.54, 1.807) is 23.3 Å². The Morgan fingerprint density at radius 2 is 2.15 bits per heavy atom. The summed E-state index contributed by atoms with van der Waals surface area (Å²) in [7, 11) is 1.78. The van der Waals surface area contributed by atoms with E-state index in [-0.39, 0.29) is 12.5 Å². The molecule has 0 aliphatic heterocycles. The Hall–Kier alpha value is -1.99. The summed E-state index contributed by atoms with van der Waals surface area (Å²) < 4.78 is 6.80. The first-order chi connectivity index (χ1) is 12.6. The lowest BCUT2D eigenvalue weighted by atomic mass is 10.2. The highest BCUT2D eigenvalue weighted by atomic mass is 79.9. The van der Waals surface area contributed by atoms with E-state index in [1.807, 2.05) is 24.3 Å². The van der Waals surface area contributed by atoms with Crippen LogP contribution in [0.25, 0.3) is 10.2 Å². The second kappa shape index (κ2) is 7.32. The number of thiophene rings is 1. The third kappa shape index (κ3) is 3.33. The van der Waals surface area contributed by atoms with Gasteiger partial charge in [0.1, 0.15) is 11.2 Å². The topological polar surface area (TPSA) is 55.3 Å². The number of ether oxygens (including phenoxy) is 1. The van der Waals surface area contributed by atoms with E-state index >= 15 is 0 Å². The van der Waals surface area contributed by atoms with Crippen LogP contribution in [0.2, 0.25) is 0 Å². The lowest BCUT2D eigenvalue weighted by Crippen LogP contribution is -2.31. The van der Waals surface area contributed by atoms with Crippen LogP contribution in [0.15, 0.2) is 35.1 Å². The van der Waals surface area contributed by atoms with Crippen molar-refractivity contribution < 1.29 is 9.53 Å². The smallest absolute Gasteiger partial charge is 0.260 e. The number of carbonyl (C=O) groups is 1. The summed E-state index contributed by atoms with van der Waals surface area (Å²) in [4.78, 5) is 25.1. The van der Waals surface area contributed by atoms with Gasteiger partial charge in [0.25, 0.3) is 5.91 Å². The fraction of sp³-hybridized carbons (Fsp3) is 0.316. The zero-order chi connectivity index (χ0) is 18.1. The quantitative estimate of drug-likeness (QED) is 0.612. The van der Waals surface area contributed by atoms with Gasteiger partial charge in [-0.15, -0.1) is 11.3 Å². The van der Waals surface area contributed by atoms with Gasteiger partial charge in [0.15, 0.2) is 6.61 Å². The number of rotatable bonds is 5. The minimum atomic E-state index is -0.0839. The fourth-order valence-corrected chi connectivity index (χ4v) is 4.85. The Kier molecular flexibility index (Phi) is 4.91. The average molecular weight is 432 g/mol. The third-order valence-corrected chi connectivity index (χ3v) is 6.56. The standard InChI is InChI=1S/C19H18BrN3O2S/c1-23(9-12-5-2-3-7-14(12)20)16(24)10-25-18-17-13-6-4-8-15(13)26-19(17)22-11-21-18/h2-3,5,7,11H,4,6,8-10H2,1H3. The highest BCUT2D eigenvalue weighted by molar-refractivity contribution is 9.10. The van der Waals surface area contributed by atoms with Gasteiger partial charge in [0, 0.05) is 22.9 Å². The van der Waals surface area contributed by atoms with Crippen LogP contribution < -0.4 is 4.74 Å². The van der Waals surface area contributed by atoms with Crippen molar-refractivity contribution in [1.29, 1.82) is 0 Å². The fourth-order valence-electron chi connectivity index (χ4n) is 3.22. The number of carbonyl (C=O) groups excluding carboxylic acids is 1. The maximum absolute atomic E-state index is 12.5. The lowest BCUT2D eigenvalue weighted by Gasteiger charge is -2.18. The predicted octanol–water partition coefficient (Wildman–Crippen LogP) is 3.98. The van der Waals surface area contributed by atoms with Crippen molar-refractivity contribution >= 4 is 43.4 Å². The first kappa shape index (κ1) is 17.4. The number of fused-ring (bicyclic) bond motifs is 3. The Morgan fingerprint density at radius 1 is 1.31 bits per heavy atom. The molecule has 2 aromatic heterocycles. The van der Waals surface area contributed by atoms with Crippen LogP contribution in [-0.2, 0) is 24.2 Å². The molecule has 134 valence electrons. The molecule has 0 atom stereocenters. The zero-order valence-corrected chi connectivity index (χ0v) is 16.8. The van der Waals surface area contributed by atoms with E-state index in [4.69, 9.17) is 4.74 Å². The molecule has 2 heterocycles. The lowest BCUT2D eigenvalue weighted by molar-refractivity contribution is -0.132. The maximum Gasteiger partial charge on any atom is 0.260 e. The van der Waals surface area contributed by atoms with E-state index < -0.39 is 0 Å². The molecule has 0 unspecified atom stereocenters. The van der Waals surface area contributed by atoms with Crippen LogP contribution in [0.5, 0.6) is 5.88 Å². The molecule has 26 heavy (non-hydrogen) atoms. The molecule has 3 aromatic rings. The number of nitrogens with zero attached hydrogens (tertiary/aromatic N) is 3. The molecule has 7 heteroatoms. The molecule has 0 bridgehead atoms. The number of halogens is 1. The molecule has 1 aliphatic carbocycles. The van der Waals surface area contributed by atoms with Gasteiger partial charge in [-0.1, -0.05) is 34.1 Å². The van der Waals surface area contributed by atoms with Crippen LogP contribution in [0, 0.1) is 0 Å². The molecule has 0 saturated carbocycles. The van der Waals surface area contributed by atoms with Crippen molar-refractivity contribution in [2.75, 3.05) is 13.7 Å². The minimum absolute atomic E-state index is 0.0301. The van der Waals surface area contributed by atoms with Gasteiger partial charge < -0.3 is 9.64 Å². The molecule has 0 radical (unpaired) electrons. The van der Waals surface area contributed by atoms with Crippen LogP contribution in [0.4, 0.5) is 0 Å². The number of aryl methyl sites for hydroxylation is 2. The molecule has 0 fully saturated rings. The summed E-state index contributed by atoms with van der Waals surface area (Å²) in [6.07, 6.45) is 4.82. The van der Waals surface area contributed by atoms with E-state index in [0.717, 1.165) is 33.1 Å². The van der Waals surface area contributed by atoms with Crippen molar-refractivity contribution in [3.05, 3.63) is 51.1 Å². The highest BCUT2D eigenvalue weighted by Crippen LogP contribution is 2.39. The minimum Gasteiger partial charge on any atom is -0.467 e. The Balaban J connectivity index is 1.46. The molecular weight excluding hydrogens is 414 g/mol. The first-order valence-electron chi connectivity index (χ1n) is 8.49. The summed E-state index contributed by atoms with van der Waals surface area (Å²) >= 11 is 5.23. The molecule has 0 saturated heterocycles. The molecule has 1 amide bonds. The zero-order valence-electron chi connectivity index (χ0n) is 14.4. The predicted molar refractivity (Wildman–Crippen MR) is 106 cm³/mol. The summed E-state index contributed by atoms with van der Waals surface area (Å²) in [5, 5.41) is 0.992. The van der Waals surface area contributed by atoms with Crippen molar-refractivity contribution in [3.63, 3.8) is 0 Å². The van der Waals surface area contributed by atoms with Crippen molar-refractivity contribution in [3.8, 4) is 5.88 Å². The maximum atomic E-state index is 12.5. The van der Waals surface area contributed by atoms with Crippen LogP contribution >= 0.6 is 27.3 Å². The number of amides is 1. The number of likely N-dealkylation sites (N-methyl/N-ethyl adjacent to an activating group) is 1. The van der Waals surface area contributed by atoms with Gasteiger partial charge in [-0.3, -0.25) is 4.79 Å². The second-order valence-electron chi connectivity index (χ2n) is 6.35. The van der Waals surface area contributed by atoms with Gasteiger partial charge in [-0.05, 0) is 36.5 Å². The van der Waals surface area contributed by atoms with Crippen LogP contribution in [0.3, 0.4) is 0 Å². The van der Waals surface area contributed by atoms with E-state index in [0.29, 0.717) is 12.4 Å². The van der Waals surface area contributed by atoms with Gasteiger partial charge >= 0.3 is 0 Å². The van der Waals surface area contributed by atoms with Gasteiger partial charge in [0.05, 0.1) is 5.39 Å². The number of benzene rings is 1. The SMILES string of the molecule is CN(Cc1ccccc1Br)C(=O)COc1ncnc2sc3c(c12)CCC3. The largest absolute Gasteiger partial charge is 0.467 e. The number of hydrogen-bond acceptors (Lipinski definition) is 5. The molecule has 1 aliphatic rings. The Labute approximate surface area is 164 Å². The molecule has 5 nitrogen and oxygen atoms in total. The average Bonchev–Trinajstić information content (AvgIpc) is 3.22. The van der Waals surface area contributed by atoms with Crippen LogP contribution in [-0.4, -0.2) is 34.4 Å². The van der Waals surface area contributed by atoms with E-state index in [1.165, 1.54) is 23.2 Å². The number of aromatic nitrogens is 2. The number of hydrogen-bond donors (Lipinski definition) is 0. The molecule has 1 aromatic carbocycles. The highest BCUT2D eigenvalue weighted by Gasteiger charge is 2.22.